The van der Waals surface area contributed by atoms with E-state index in [0.717, 1.165) is 26.9 Å². The van der Waals surface area contributed by atoms with E-state index in [-0.39, 0.29) is 0 Å². The van der Waals surface area contributed by atoms with Crippen molar-refractivity contribution in [3.05, 3.63) is 43.5 Å². The van der Waals surface area contributed by atoms with Crippen LogP contribution in [0.1, 0.15) is 43.4 Å². The van der Waals surface area contributed by atoms with E-state index in [0.29, 0.717) is 11.2 Å². The monoisotopic (exact) mass is 471 g/mol. The lowest BCUT2D eigenvalue weighted by Crippen LogP contribution is -2.17. The molecule has 0 bridgehead atoms. The molecule has 0 atom stereocenters. The summed E-state index contributed by atoms with van der Waals surface area (Å²) < 4.78 is 2.12. The van der Waals surface area contributed by atoms with Gasteiger partial charge in [-0.1, -0.05) is 43.4 Å². The van der Waals surface area contributed by atoms with Gasteiger partial charge < -0.3 is 11.1 Å². The first-order valence-corrected chi connectivity index (χ1v) is 11.8. The number of nitrogens with two attached hydrogens (primary N) is 1. The van der Waals surface area contributed by atoms with Gasteiger partial charge in [-0.15, -0.1) is 22.7 Å². The number of rotatable bonds is 3. The maximum atomic E-state index is 6.05. The van der Waals surface area contributed by atoms with E-state index in [2.05, 4.69) is 43.7 Å². The Bertz CT molecular complexity index is 812. The average molecular weight is 473 g/mol. The van der Waals surface area contributed by atoms with E-state index in [1.165, 1.54) is 43.4 Å². The first-order valence-electron chi connectivity index (χ1n) is 8.88. The van der Waals surface area contributed by atoms with Crippen molar-refractivity contribution >= 4 is 66.1 Å². The Morgan fingerprint density at radius 2 is 2.00 bits per heavy atom. The molecule has 0 spiro atoms. The zero-order valence-electron chi connectivity index (χ0n) is 14.5. The molecule has 0 aliphatic heterocycles. The fourth-order valence-electron chi connectivity index (χ4n) is 2.99. The summed E-state index contributed by atoms with van der Waals surface area (Å²) in [7, 11) is 0. The van der Waals surface area contributed by atoms with E-state index in [9.17, 15) is 0 Å². The molecule has 4 rings (SSSR count). The van der Waals surface area contributed by atoms with Crippen molar-refractivity contribution in [2.24, 2.45) is 5.73 Å². The van der Waals surface area contributed by atoms with Gasteiger partial charge in [-0.25, -0.2) is 4.98 Å². The van der Waals surface area contributed by atoms with Crippen LogP contribution in [0.25, 0.3) is 10.2 Å². The van der Waals surface area contributed by atoms with Crippen LogP contribution >= 0.6 is 50.2 Å². The number of nitrogens with one attached hydrogen (secondary N) is 1. The zero-order chi connectivity index (χ0) is 18.4. The summed E-state index contributed by atoms with van der Waals surface area (Å²) in [5.74, 6) is 0. The standard InChI is InChI=1S/C12H8BrClN2S2.C7H15N/c13-8-6-18-12-9(4-10(14)16-11(8)12)15-5-7-2-1-3-17-7;8-7-5-3-1-2-4-6-7/h1-4,6H,5H2,(H,15,16);7H,1-6,8H2. The largest absolute Gasteiger partial charge is 0.379 e. The highest BCUT2D eigenvalue weighted by atomic mass is 79.9. The summed E-state index contributed by atoms with van der Waals surface area (Å²) in [5, 5.41) is 8.04. The number of fused-ring (bicyclic) bond motifs is 1. The minimum atomic E-state index is 0.510. The summed E-state index contributed by atoms with van der Waals surface area (Å²) in [4.78, 5) is 5.63. The fourth-order valence-corrected chi connectivity index (χ4v) is 5.38. The molecule has 1 aliphatic carbocycles. The third-order valence-electron chi connectivity index (χ3n) is 4.38. The van der Waals surface area contributed by atoms with Crippen LogP contribution in [-0.4, -0.2) is 11.0 Å². The van der Waals surface area contributed by atoms with E-state index in [1.54, 1.807) is 22.7 Å². The minimum Gasteiger partial charge on any atom is -0.379 e. The van der Waals surface area contributed by atoms with Crippen molar-refractivity contribution in [1.29, 1.82) is 0 Å². The fraction of sp³-hybridized carbons (Fsp3) is 0.421. The molecule has 0 radical (unpaired) electrons. The first-order chi connectivity index (χ1) is 12.6. The van der Waals surface area contributed by atoms with Gasteiger partial charge in [-0.3, -0.25) is 0 Å². The number of pyridine rings is 1. The number of anilines is 1. The van der Waals surface area contributed by atoms with Crippen molar-refractivity contribution in [1.82, 2.24) is 4.98 Å². The average Bonchev–Trinajstić information content (AvgIpc) is 3.20. The Kier molecular flexibility index (Phi) is 7.76. The number of hydrogen-bond donors (Lipinski definition) is 2. The van der Waals surface area contributed by atoms with Crippen molar-refractivity contribution in [3.63, 3.8) is 0 Å². The summed E-state index contributed by atoms with van der Waals surface area (Å²) in [6, 6.07) is 6.57. The number of halogens is 2. The van der Waals surface area contributed by atoms with Crippen LogP contribution in [0.15, 0.2) is 33.4 Å². The molecule has 140 valence electrons. The molecule has 26 heavy (non-hydrogen) atoms. The number of nitrogens with zero attached hydrogens (tertiary/aromatic N) is 1. The summed E-state index contributed by atoms with van der Waals surface area (Å²) in [5.41, 5.74) is 7.69. The molecule has 1 saturated carbocycles. The summed E-state index contributed by atoms with van der Waals surface area (Å²) >= 11 is 12.9. The topological polar surface area (TPSA) is 50.9 Å². The smallest absolute Gasteiger partial charge is 0.131 e. The van der Waals surface area contributed by atoms with E-state index in [4.69, 9.17) is 17.3 Å². The lowest BCUT2D eigenvalue weighted by Gasteiger charge is -2.06. The van der Waals surface area contributed by atoms with Gasteiger partial charge in [-0.05, 0) is 40.2 Å². The minimum absolute atomic E-state index is 0.510. The van der Waals surface area contributed by atoms with Gasteiger partial charge in [0, 0.05) is 28.9 Å². The van der Waals surface area contributed by atoms with Gasteiger partial charge in [0.05, 0.1) is 20.4 Å². The Labute approximate surface area is 176 Å². The molecule has 3 heterocycles. The molecular formula is C19H23BrClN3S2. The number of aromatic nitrogens is 1. The second kappa shape index (κ2) is 10.0. The van der Waals surface area contributed by atoms with Crippen molar-refractivity contribution in [2.75, 3.05) is 5.32 Å². The first kappa shape index (κ1) is 20.1. The maximum Gasteiger partial charge on any atom is 0.131 e. The van der Waals surface area contributed by atoms with Gasteiger partial charge in [0.15, 0.2) is 0 Å². The van der Waals surface area contributed by atoms with Crippen LogP contribution in [0.5, 0.6) is 0 Å². The Hall–Kier alpha value is -0.660. The second-order valence-electron chi connectivity index (χ2n) is 6.44. The van der Waals surface area contributed by atoms with Gasteiger partial charge in [-0.2, -0.15) is 0 Å². The molecular weight excluding hydrogens is 450 g/mol. The quantitative estimate of drug-likeness (QED) is 0.317. The molecule has 3 aromatic heterocycles. The molecule has 7 heteroatoms. The molecule has 3 nitrogen and oxygen atoms in total. The highest BCUT2D eigenvalue weighted by Gasteiger charge is 2.10. The lowest BCUT2D eigenvalue weighted by molar-refractivity contribution is 0.583. The molecule has 3 aromatic rings. The predicted octanol–water partition coefficient (Wildman–Crippen LogP) is 7.05. The Morgan fingerprint density at radius 3 is 2.69 bits per heavy atom. The second-order valence-corrected chi connectivity index (χ2v) is 9.59. The normalized spacial score (nSPS) is 15.3. The molecule has 1 aliphatic rings. The van der Waals surface area contributed by atoms with E-state index in [1.807, 2.05) is 11.4 Å². The van der Waals surface area contributed by atoms with Gasteiger partial charge in [0.25, 0.3) is 0 Å². The lowest BCUT2D eigenvalue weighted by atomic mass is 10.1. The Balaban J connectivity index is 0.000000206. The Morgan fingerprint density at radius 1 is 1.23 bits per heavy atom. The van der Waals surface area contributed by atoms with Gasteiger partial charge >= 0.3 is 0 Å². The van der Waals surface area contributed by atoms with Crippen LogP contribution in [0.4, 0.5) is 5.69 Å². The van der Waals surface area contributed by atoms with Crippen molar-refractivity contribution in [3.8, 4) is 0 Å². The molecule has 3 N–H and O–H groups in total. The SMILES string of the molecule is Clc1cc(NCc2cccs2)c2scc(Br)c2n1.NC1CCCCCC1. The molecule has 0 saturated heterocycles. The highest BCUT2D eigenvalue weighted by molar-refractivity contribution is 9.10. The van der Waals surface area contributed by atoms with Crippen LogP contribution in [0, 0.1) is 0 Å². The van der Waals surface area contributed by atoms with Crippen molar-refractivity contribution in [2.45, 2.75) is 51.1 Å². The third-order valence-corrected chi connectivity index (χ3v) is 7.36. The van der Waals surface area contributed by atoms with Crippen molar-refractivity contribution < 1.29 is 0 Å². The summed E-state index contributed by atoms with van der Waals surface area (Å²) in [6.07, 6.45) is 8.07. The molecule has 0 unspecified atom stereocenters. The number of hydrogen-bond acceptors (Lipinski definition) is 5. The van der Waals surface area contributed by atoms with Gasteiger partial charge in [0.2, 0.25) is 0 Å². The van der Waals surface area contributed by atoms with Crippen LogP contribution < -0.4 is 11.1 Å². The van der Waals surface area contributed by atoms with Crippen LogP contribution in [0.2, 0.25) is 5.15 Å². The molecule has 1 fully saturated rings. The van der Waals surface area contributed by atoms with Crippen LogP contribution in [-0.2, 0) is 6.54 Å². The zero-order valence-corrected chi connectivity index (χ0v) is 18.5. The van der Waals surface area contributed by atoms with Crippen LogP contribution in [0.3, 0.4) is 0 Å². The number of thiophene rings is 2. The molecule has 0 amide bonds. The highest BCUT2D eigenvalue weighted by Crippen LogP contribution is 2.35. The van der Waals surface area contributed by atoms with E-state index < -0.39 is 0 Å². The van der Waals surface area contributed by atoms with Gasteiger partial charge in [0.1, 0.15) is 5.15 Å². The maximum absolute atomic E-state index is 6.05. The predicted molar refractivity (Wildman–Crippen MR) is 120 cm³/mol. The third kappa shape index (κ3) is 5.67. The summed E-state index contributed by atoms with van der Waals surface area (Å²) in [6.45, 7) is 0.808. The van der Waals surface area contributed by atoms with E-state index >= 15 is 0 Å². The molecule has 0 aromatic carbocycles.